The Kier molecular flexibility index (Phi) is 15.7. The number of aliphatic hydroxyl groups excluding tert-OH is 1. The molecule has 0 aliphatic heterocycles. The van der Waals surface area contributed by atoms with E-state index in [4.69, 9.17) is 18.7 Å². The fourth-order valence-electron chi connectivity index (χ4n) is 3.91. The van der Waals surface area contributed by atoms with Crippen LogP contribution < -0.4 is 18.9 Å². The Morgan fingerprint density at radius 1 is 0.778 bits per heavy atom. The van der Waals surface area contributed by atoms with Crippen LogP contribution in [0.4, 0.5) is 26.3 Å². The molecule has 4 aromatic rings. The number of carbonyl (C=O) groups is 1. The zero-order valence-corrected chi connectivity index (χ0v) is 24.6. The van der Waals surface area contributed by atoms with Gasteiger partial charge in [-0.2, -0.15) is 26.3 Å². The molecule has 0 saturated carbocycles. The van der Waals surface area contributed by atoms with E-state index in [0.717, 1.165) is 35.4 Å². The molecule has 0 fully saturated rings. The van der Waals surface area contributed by atoms with Gasteiger partial charge in [0.1, 0.15) is 6.61 Å². The van der Waals surface area contributed by atoms with Gasteiger partial charge in [-0.1, -0.05) is 24.3 Å². The van der Waals surface area contributed by atoms with Crippen LogP contribution in [0.3, 0.4) is 0 Å². The van der Waals surface area contributed by atoms with Gasteiger partial charge < -0.3 is 20.1 Å². The Balaban J connectivity index is 0.000000833. The molecule has 2 aromatic heterocycles. The summed E-state index contributed by atoms with van der Waals surface area (Å²) in [6.07, 6.45) is -6.80. The standard InChI is InChI=1S/C16H16F3NO3.C14H14F3NO2.Al.Li.4H/c1-3-22-15(21)14-10(2)20-13(23-14)9-6-11-4-7-12(8-5-11)16(17,18)19;1-9-12(8-19)20-13(18-9)7-4-10-2-5-11(6-3-10)14(15,16)17;;;;;;/h4-5,7-8H,3,6,9H2,1-2H3;2-3,5-6,19H,4,7-8H2,1H3;;;;;;/q;;;+1;;;;-1. The molecule has 0 amide bonds. The van der Waals surface area contributed by atoms with Crippen molar-refractivity contribution in [3.05, 3.63) is 105 Å². The van der Waals surface area contributed by atoms with Crippen molar-refractivity contribution in [2.75, 3.05) is 6.61 Å². The molecule has 0 aliphatic rings. The molecule has 0 atom stereocenters. The molecule has 2 heterocycles. The van der Waals surface area contributed by atoms with Crippen LogP contribution in [0, 0.1) is 13.8 Å². The van der Waals surface area contributed by atoms with Gasteiger partial charge in [0, 0.05) is 12.8 Å². The van der Waals surface area contributed by atoms with Gasteiger partial charge in [-0.3, -0.25) is 0 Å². The van der Waals surface area contributed by atoms with Crippen LogP contribution in [0.25, 0.3) is 0 Å². The summed E-state index contributed by atoms with van der Waals surface area (Å²) in [4.78, 5) is 19.9. The van der Waals surface area contributed by atoms with Crippen molar-refractivity contribution in [2.24, 2.45) is 0 Å². The van der Waals surface area contributed by atoms with Gasteiger partial charge in [-0.15, -0.1) is 0 Å². The predicted octanol–water partition coefficient (Wildman–Crippen LogP) is 3.18. The van der Waals surface area contributed by atoms with Crippen molar-refractivity contribution >= 4 is 23.3 Å². The molecule has 0 spiro atoms. The molecule has 45 heavy (non-hydrogen) atoms. The van der Waals surface area contributed by atoms with Gasteiger partial charge in [0.25, 0.3) is 0 Å². The summed E-state index contributed by atoms with van der Waals surface area (Å²) < 4.78 is 90.2. The van der Waals surface area contributed by atoms with E-state index in [0.29, 0.717) is 54.6 Å². The molecular weight excluding hydrogens is 616 g/mol. The monoisotopic (exact) mass is 650 g/mol. The third-order valence-electron chi connectivity index (χ3n) is 6.20. The zero-order chi connectivity index (χ0) is 31.8. The second-order valence-corrected chi connectivity index (χ2v) is 9.41. The van der Waals surface area contributed by atoms with Crippen molar-refractivity contribution in [3.63, 3.8) is 0 Å². The fourth-order valence-corrected chi connectivity index (χ4v) is 3.91. The molecular formula is C30H34AlF6LiN2O5. The summed E-state index contributed by atoms with van der Waals surface area (Å²) in [7, 11) is 0. The van der Waals surface area contributed by atoms with E-state index in [-0.39, 0.29) is 56.6 Å². The summed E-state index contributed by atoms with van der Waals surface area (Å²) in [6.45, 7) is 5.09. The van der Waals surface area contributed by atoms with Crippen LogP contribution in [0.15, 0.2) is 57.4 Å². The number of carbonyl (C=O) groups excluding carboxylic acids is 1. The summed E-state index contributed by atoms with van der Waals surface area (Å²) in [5, 5.41) is 8.98. The van der Waals surface area contributed by atoms with Crippen LogP contribution in [0.2, 0.25) is 0 Å². The Labute approximate surface area is 280 Å². The first kappa shape index (κ1) is 40.0. The molecule has 0 radical (unpaired) electrons. The number of aliphatic hydroxyl groups is 1. The number of oxazole rings is 2. The first-order chi connectivity index (χ1) is 20.2. The third kappa shape index (κ3) is 12.0. The minimum Gasteiger partial charge on any atom is -1.00 e. The number of hydrogen-bond acceptors (Lipinski definition) is 7. The SMILES string of the molecule is CCOC(=O)c1oc(CCc2ccc(C(F)(F)F)cc2)nc1C.Cc1nc(CCc2ccc(C(F)(F)F)cc2)oc1CO.[AlH3].[H-].[Li+]. The number of esters is 1. The molecule has 0 aliphatic carbocycles. The van der Waals surface area contributed by atoms with Crippen molar-refractivity contribution in [1.82, 2.24) is 9.97 Å². The van der Waals surface area contributed by atoms with Crippen molar-refractivity contribution in [1.29, 1.82) is 0 Å². The molecule has 7 nitrogen and oxygen atoms in total. The van der Waals surface area contributed by atoms with Crippen LogP contribution in [0.1, 0.15) is 70.1 Å². The van der Waals surface area contributed by atoms with E-state index in [2.05, 4.69) is 9.97 Å². The van der Waals surface area contributed by atoms with Gasteiger partial charge in [0.15, 0.2) is 34.9 Å². The molecule has 0 saturated heterocycles. The second kappa shape index (κ2) is 17.6. The Bertz CT molecular complexity index is 1490. The first-order valence-corrected chi connectivity index (χ1v) is 13.2. The van der Waals surface area contributed by atoms with Crippen LogP contribution in [-0.2, 0) is 49.4 Å². The van der Waals surface area contributed by atoms with E-state index < -0.39 is 29.4 Å². The maximum Gasteiger partial charge on any atom is 1.00 e. The molecule has 0 unspecified atom stereocenters. The van der Waals surface area contributed by atoms with E-state index in [1.165, 1.54) is 24.3 Å². The number of benzene rings is 2. The number of alkyl halides is 6. The maximum atomic E-state index is 12.5. The van der Waals surface area contributed by atoms with Gasteiger partial charge >= 0.3 is 37.2 Å². The maximum absolute atomic E-state index is 12.5. The van der Waals surface area contributed by atoms with E-state index in [9.17, 15) is 31.1 Å². The Morgan fingerprint density at radius 3 is 1.58 bits per heavy atom. The number of aryl methyl sites for hydroxylation is 6. The van der Waals surface area contributed by atoms with Crippen molar-refractivity contribution in [2.45, 2.75) is 65.4 Å². The van der Waals surface area contributed by atoms with Gasteiger partial charge in [0.05, 0.1) is 29.1 Å². The van der Waals surface area contributed by atoms with Crippen molar-refractivity contribution in [3.8, 4) is 0 Å². The average Bonchev–Trinajstić information content (AvgIpc) is 3.51. The topological polar surface area (TPSA) is 98.6 Å². The molecule has 2 aromatic carbocycles. The summed E-state index contributed by atoms with van der Waals surface area (Å²) in [5.41, 5.74) is 1.24. The second-order valence-electron chi connectivity index (χ2n) is 9.41. The van der Waals surface area contributed by atoms with Crippen LogP contribution >= 0.6 is 0 Å². The van der Waals surface area contributed by atoms with Crippen molar-refractivity contribution < 1.29 is 70.1 Å². The normalized spacial score (nSPS) is 11.2. The minimum absolute atomic E-state index is 0. The average molecular weight is 651 g/mol. The third-order valence-corrected chi connectivity index (χ3v) is 6.20. The quantitative estimate of drug-likeness (QED) is 0.169. The predicted molar refractivity (Wildman–Crippen MR) is 153 cm³/mol. The molecule has 240 valence electrons. The molecule has 0 bridgehead atoms. The van der Waals surface area contributed by atoms with Gasteiger partial charge in [0.2, 0.25) is 5.76 Å². The van der Waals surface area contributed by atoms with E-state index in [1.807, 2.05) is 0 Å². The van der Waals surface area contributed by atoms with Crippen LogP contribution in [0.5, 0.6) is 0 Å². The minimum atomic E-state index is -4.34. The van der Waals surface area contributed by atoms with E-state index >= 15 is 0 Å². The number of aromatic nitrogens is 2. The fraction of sp³-hybridized carbons (Fsp3) is 0.367. The molecule has 1 N–H and O–H groups in total. The largest absolute Gasteiger partial charge is 1.00 e. The molecule has 4 rings (SSSR count). The first-order valence-electron chi connectivity index (χ1n) is 13.2. The summed E-state index contributed by atoms with van der Waals surface area (Å²) in [6, 6.07) is 9.96. The Morgan fingerprint density at radius 2 is 1.20 bits per heavy atom. The number of halogens is 6. The van der Waals surface area contributed by atoms with Gasteiger partial charge in [-0.05, 0) is 69.0 Å². The summed E-state index contributed by atoms with van der Waals surface area (Å²) in [5.74, 6) is 0.747. The number of ether oxygens (including phenoxy) is 1. The zero-order valence-electron chi connectivity index (χ0n) is 25.6. The Hall–Kier alpha value is -3.00. The number of hydrogen-bond donors (Lipinski definition) is 1. The number of nitrogens with zero attached hydrogens (tertiary/aromatic N) is 2. The number of rotatable bonds is 9. The van der Waals surface area contributed by atoms with Gasteiger partial charge in [-0.25, -0.2) is 14.8 Å². The summed E-state index contributed by atoms with van der Waals surface area (Å²) >= 11 is 0. The molecule has 15 heteroatoms. The smallest absolute Gasteiger partial charge is 1.00 e. The van der Waals surface area contributed by atoms with Crippen LogP contribution in [-0.4, -0.2) is 45.0 Å². The van der Waals surface area contributed by atoms with E-state index in [1.54, 1.807) is 20.8 Å².